The largest absolute Gasteiger partial charge is 0.497 e. The maximum atomic E-state index is 13.5. The monoisotopic (exact) mass is 604 g/mol. The van der Waals surface area contributed by atoms with Crippen LogP contribution in [0.1, 0.15) is 49.4 Å². The van der Waals surface area contributed by atoms with Crippen molar-refractivity contribution in [3.63, 3.8) is 0 Å². The Hall–Kier alpha value is -4.42. The van der Waals surface area contributed by atoms with Gasteiger partial charge in [-0.1, -0.05) is 49.8 Å². The molecule has 1 fully saturated rings. The number of halogens is 1. The maximum Gasteiger partial charge on any atom is 0.123 e. The number of likely N-dealkylation sites (tertiary alicyclic amines) is 1. The molecule has 3 heterocycles. The van der Waals surface area contributed by atoms with Crippen LogP contribution in [0.2, 0.25) is 0 Å². The lowest BCUT2D eigenvalue weighted by Crippen LogP contribution is -2.45. The summed E-state index contributed by atoms with van der Waals surface area (Å²) in [6, 6.07) is 28.5. The third kappa shape index (κ3) is 8.40. The number of nitrogens with one attached hydrogen (secondary N) is 1. The molecule has 6 rings (SSSR count). The molecule has 0 radical (unpaired) electrons. The molecule has 2 aliphatic heterocycles. The SMILES string of the molecule is CC.COc1ccc(N(Cc2ccnc(-c3ccc(F)cc3)c2)C2CCN(CC3=CC(c4ccc(C)cc4)NC=C3)CC2)cc1. The number of benzene rings is 3. The molecule has 0 amide bonds. The molecular weight excluding hydrogens is 559 g/mol. The molecule has 2 aliphatic rings. The maximum absolute atomic E-state index is 13.5. The summed E-state index contributed by atoms with van der Waals surface area (Å²) in [4.78, 5) is 9.67. The van der Waals surface area contributed by atoms with Crippen molar-refractivity contribution in [2.24, 2.45) is 0 Å². The average Bonchev–Trinajstić information content (AvgIpc) is 3.09. The highest BCUT2D eigenvalue weighted by atomic mass is 19.1. The molecule has 0 spiro atoms. The molecule has 0 aliphatic carbocycles. The lowest BCUT2D eigenvalue weighted by molar-refractivity contribution is 0.224. The van der Waals surface area contributed by atoms with Crippen molar-refractivity contribution in [3.8, 4) is 17.0 Å². The lowest BCUT2D eigenvalue weighted by Gasteiger charge is -2.40. The topological polar surface area (TPSA) is 40.6 Å². The zero-order valence-corrected chi connectivity index (χ0v) is 26.9. The van der Waals surface area contributed by atoms with Gasteiger partial charge in [0.1, 0.15) is 11.6 Å². The predicted octanol–water partition coefficient (Wildman–Crippen LogP) is 8.49. The van der Waals surface area contributed by atoms with Crippen LogP contribution in [0.3, 0.4) is 0 Å². The number of piperidine rings is 1. The van der Waals surface area contributed by atoms with Crippen molar-refractivity contribution in [1.82, 2.24) is 15.2 Å². The van der Waals surface area contributed by atoms with Crippen molar-refractivity contribution in [2.45, 2.75) is 52.2 Å². The summed E-state index contributed by atoms with van der Waals surface area (Å²) in [7, 11) is 1.70. The molecule has 234 valence electrons. The Morgan fingerprint density at radius 1 is 0.933 bits per heavy atom. The average molecular weight is 605 g/mol. The summed E-state index contributed by atoms with van der Waals surface area (Å²) in [6.45, 7) is 9.94. The van der Waals surface area contributed by atoms with Gasteiger partial charge in [-0.25, -0.2) is 4.39 Å². The number of aryl methyl sites for hydroxylation is 1. The number of anilines is 1. The van der Waals surface area contributed by atoms with E-state index in [1.54, 1.807) is 19.2 Å². The minimum atomic E-state index is -0.240. The molecule has 0 saturated carbocycles. The standard InChI is InChI=1S/C37H39FN4O.C2H6/c1-27-3-5-30(6-4-27)36-23-28(15-19-39-36)25-41-21-17-34(18-22-41)42(33-11-13-35(43-2)14-12-33)26-29-16-20-40-37(24-29)31-7-9-32(38)10-8-31;1-2/h3-16,19-20,23-24,34,36,39H,17-18,21-22,25-26H2,1-2H3;1-2H3. The van der Waals surface area contributed by atoms with Crippen LogP contribution in [0.15, 0.2) is 115 Å². The van der Waals surface area contributed by atoms with Crippen molar-refractivity contribution in [2.75, 3.05) is 31.6 Å². The first-order valence-corrected chi connectivity index (χ1v) is 16.1. The Morgan fingerprint density at radius 3 is 2.33 bits per heavy atom. The second-order valence-electron chi connectivity index (χ2n) is 11.5. The van der Waals surface area contributed by atoms with Gasteiger partial charge in [0.05, 0.1) is 18.8 Å². The molecule has 5 nitrogen and oxygen atoms in total. The molecular formula is C39H45FN4O. The number of hydrogen-bond acceptors (Lipinski definition) is 5. The first-order valence-electron chi connectivity index (χ1n) is 16.1. The predicted molar refractivity (Wildman–Crippen MR) is 184 cm³/mol. The van der Waals surface area contributed by atoms with Crippen LogP contribution in [-0.4, -0.2) is 42.7 Å². The molecule has 1 N–H and O–H groups in total. The fraction of sp³-hybridized carbons (Fsp3) is 0.308. The van der Waals surface area contributed by atoms with Gasteiger partial charge in [0.2, 0.25) is 0 Å². The number of rotatable bonds is 9. The van der Waals surface area contributed by atoms with Gasteiger partial charge in [0.25, 0.3) is 0 Å². The summed E-state index contributed by atoms with van der Waals surface area (Å²) < 4.78 is 18.9. The fourth-order valence-electron chi connectivity index (χ4n) is 6.05. The second-order valence-corrected chi connectivity index (χ2v) is 11.5. The van der Waals surface area contributed by atoms with E-state index in [1.165, 1.54) is 40.1 Å². The Labute approximate surface area is 268 Å². The summed E-state index contributed by atoms with van der Waals surface area (Å²) >= 11 is 0. The van der Waals surface area contributed by atoms with Crippen LogP contribution in [0.5, 0.6) is 5.75 Å². The van der Waals surface area contributed by atoms with E-state index in [0.29, 0.717) is 6.04 Å². The normalized spacial score (nSPS) is 16.6. The molecule has 1 saturated heterocycles. The molecule has 1 aromatic heterocycles. The van der Waals surface area contributed by atoms with E-state index in [4.69, 9.17) is 4.74 Å². The van der Waals surface area contributed by atoms with Crippen LogP contribution in [0.25, 0.3) is 11.3 Å². The Morgan fingerprint density at radius 2 is 1.64 bits per heavy atom. The molecule has 0 bridgehead atoms. The van der Waals surface area contributed by atoms with Crippen molar-refractivity contribution in [1.29, 1.82) is 0 Å². The molecule has 45 heavy (non-hydrogen) atoms. The van der Waals surface area contributed by atoms with E-state index in [2.05, 4.69) is 93.9 Å². The van der Waals surface area contributed by atoms with Gasteiger partial charge in [-0.2, -0.15) is 0 Å². The van der Waals surface area contributed by atoms with Crippen LogP contribution in [0, 0.1) is 12.7 Å². The molecule has 1 unspecified atom stereocenters. The number of methoxy groups -OCH3 is 1. The summed E-state index contributed by atoms with van der Waals surface area (Å²) in [6.07, 6.45) is 10.7. The van der Waals surface area contributed by atoms with Gasteiger partial charge in [0, 0.05) is 49.7 Å². The Balaban J connectivity index is 0.00000196. The highest BCUT2D eigenvalue weighted by molar-refractivity contribution is 5.60. The molecule has 6 heteroatoms. The first kappa shape index (κ1) is 32.0. The number of dihydropyridines is 1. The number of pyridine rings is 1. The summed E-state index contributed by atoms with van der Waals surface area (Å²) in [5.41, 5.74) is 8.07. The van der Waals surface area contributed by atoms with Crippen LogP contribution in [-0.2, 0) is 6.54 Å². The summed E-state index contributed by atoms with van der Waals surface area (Å²) in [5.74, 6) is 0.615. The third-order valence-corrected chi connectivity index (χ3v) is 8.52. The third-order valence-electron chi connectivity index (χ3n) is 8.52. The van der Waals surface area contributed by atoms with E-state index in [0.717, 1.165) is 56.0 Å². The van der Waals surface area contributed by atoms with Gasteiger partial charge in [-0.05, 0) is 109 Å². The lowest BCUT2D eigenvalue weighted by atomic mass is 9.98. The minimum Gasteiger partial charge on any atom is -0.497 e. The van der Waals surface area contributed by atoms with Gasteiger partial charge in [0.15, 0.2) is 0 Å². The van der Waals surface area contributed by atoms with Gasteiger partial charge in [-0.15, -0.1) is 0 Å². The van der Waals surface area contributed by atoms with Crippen molar-refractivity contribution in [3.05, 3.63) is 138 Å². The van der Waals surface area contributed by atoms with Crippen LogP contribution >= 0.6 is 0 Å². The zero-order chi connectivity index (χ0) is 31.6. The highest BCUT2D eigenvalue weighted by Gasteiger charge is 2.26. The van der Waals surface area contributed by atoms with Crippen molar-refractivity contribution >= 4 is 5.69 Å². The Bertz CT molecular complexity index is 1560. The van der Waals surface area contributed by atoms with E-state index in [-0.39, 0.29) is 11.9 Å². The first-order chi connectivity index (χ1) is 22.0. The van der Waals surface area contributed by atoms with E-state index >= 15 is 0 Å². The van der Waals surface area contributed by atoms with Crippen molar-refractivity contribution < 1.29 is 9.13 Å². The number of aromatic nitrogens is 1. The zero-order valence-electron chi connectivity index (χ0n) is 26.9. The molecule has 4 aromatic rings. The van der Waals surface area contributed by atoms with Crippen LogP contribution < -0.4 is 15.0 Å². The van der Waals surface area contributed by atoms with Gasteiger partial charge < -0.3 is 15.0 Å². The van der Waals surface area contributed by atoms with Gasteiger partial charge in [-0.3, -0.25) is 9.88 Å². The van der Waals surface area contributed by atoms with E-state index < -0.39 is 0 Å². The quantitative estimate of drug-likeness (QED) is 0.208. The fourth-order valence-corrected chi connectivity index (χ4v) is 6.05. The van der Waals surface area contributed by atoms with E-state index in [1.807, 2.05) is 32.2 Å². The molecule has 3 aromatic carbocycles. The second kappa shape index (κ2) is 15.5. The minimum absolute atomic E-state index is 0.212. The molecule has 1 atom stereocenters. The smallest absolute Gasteiger partial charge is 0.123 e. The Kier molecular flexibility index (Phi) is 11.0. The highest BCUT2D eigenvalue weighted by Crippen LogP contribution is 2.29. The number of ether oxygens (including phenoxy) is 1. The number of hydrogen-bond donors (Lipinski definition) is 1. The number of nitrogens with zero attached hydrogens (tertiary/aromatic N) is 3. The van der Waals surface area contributed by atoms with Crippen LogP contribution in [0.4, 0.5) is 10.1 Å². The van der Waals surface area contributed by atoms with Gasteiger partial charge >= 0.3 is 0 Å². The summed E-state index contributed by atoms with van der Waals surface area (Å²) in [5, 5.41) is 3.50. The van der Waals surface area contributed by atoms with E-state index in [9.17, 15) is 4.39 Å².